The molecule has 1 aromatic carbocycles. The number of nitrogens with one attached hydrogen (secondary N) is 1. The molecular formula is C18H28N2. The van der Waals surface area contributed by atoms with E-state index in [-0.39, 0.29) is 0 Å². The van der Waals surface area contributed by atoms with Crippen molar-refractivity contribution in [2.45, 2.75) is 51.0 Å². The number of fused-ring (bicyclic) bond motifs is 1. The largest absolute Gasteiger partial charge is 0.371 e. The molecule has 1 aliphatic heterocycles. The molecule has 2 unspecified atom stereocenters. The van der Waals surface area contributed by atoms with E-state index in [1.165, 1.54) is 63.7 Å². The van der Waals surface area contributed by atoms with Crippen molar-refractivity contribution in [1.29, 1.82) is 0 Å². The number of aryl methyl sites for hydroxylation is 1. The molecule has 2 atom stereocenters. The molecule has 2 aliphatic rings. The van der Waals surface area contributed by atoms with Crippen LogP contribution in [0.1, 0.15) is 44.1 Å². The summed E-state index contributed by atoms with van der Waals surface area (Å²) in [6.07, 6.45) is 9.50. The Balaban J connectivity index is 1.76. The van der Waals surface area contributed by atoms with Gasteiger partial charge in [-0.3, -0.25) is 0 Å². The summed E-state index contributed by atoms with van der Waals surface area (Å²) in [5, 5.41) is 3.56. The zero-order valence-electron chi connectivity index (χ0n) is 12.8. The lowest BCUT2D eigenvalue weighted by Gasteiger charge is -2.36. The smallest absolute Gasteiger partial charge is 0.0398 e. The van der Waals surface area contributed by atoms with E-state index in [2.05, 4.69) is 41.5 Å². The summed E-state index contributed by atoms with van der Waals surface area (Å²) in [5.41, 5.74) is 3.06. The maximum atomic E-state index is 3.56. The van der Waals surface area contributed by atoms with E-state index in [1.807, 2.05) is 0 Å². The van der Waals surface area contributed by atoms with Gasteiger partial charge in [0.15, 0.2) is 0 Å². The van der Waals surface area contributed by atoms with Crippen LogP contribution in [-0.2, 0) is 6.42 Å². The van der Waals surface area contributed by atoms with Gasteiger partial charge in [0, 0.05) is 24.8 Å². The minimum atomic E-state index is 0.721. The minimum absolute atomic E-state index is 0.721. The Labute approximate surface area is 123 Å². The van der Waals surface area contributed by atoms with Crippen LogP contribution in [0.3, 0.4) is 0 Å². The molecule has 1 N–H and O–H groups in total. The zero-order valence-corrected chi connectivity index (χ0v) is 12.8. The Morgan fingerprint density at radius 1 is 1.10 bits per heavy atom. The summed E-state index contributed by atoms with van der Waals surface area (Å²) in [4.78, 5) is 2.67. The van der Waals surface area contributed by atoms with Gasteiger partial charge in [0.1, 0.15) is 0 Å². The van der Waals surface area contributed by atoms with Gasteiger partial charge in [-0.15, -0.1) is 0 Å². The minimum Gasteiger partial charge on any atom is -0.371 e. The molecular weight excluding hydrogens is 244 g/mol. The van der Waals surface area contributed by atoms with E-state index in [0.29, 0.717) is 0 Å². The predicted molar refractivity (Wildman–Crippen MR) is 86.4 cm³/mol. The van der Waals surface area contributed by atoms with Crippen LogP contribution in [0.15, 0.2) is 24.3 Å². The second-order valence-electron chi connectivity index (χ2n) is 6.47. The van der Waals surface area contributed by atoms with Crippen molar-refractivity contribution >= 4 is 5.69 Å². The normalized spacial score (nSPS) is 26.9. The standard InChI is InChI=1S/C18H28N2/c1-19-17-11-4-2-10-16(17)14-20-13-7-6-9-15-8-3-5-12-18(15)20/h3,5,8,12,16-17,19H,2,4,6-7,9-11,13-14H2,1H3. The molecule has 0 radical (unpaired) electrons. The van der Waals surface area contributed by atoms with Crippen LogP contribution >= 0.6 is 0 Å². The molecule has 0 amide bonds. The third-order valence-corrected chi connectivity index (χ3v) is 5.19. The Morgan fingerprint density at radius 2 is 1.95 bits per heavy atom. The van der Waals surface area contributed by atoms with Crippen molar-refractivity contribution in [3.63, 3.8) is 0 Å². The van der Waals surface area contributed by atoms with E-state index in [1.54, 1.807) is 5.56 Å². The fourth-order valence-electron chi connectivity index (χ4n) is 4.05. The lowest BCUT2D eigenvalue weighted by molar-refractivity contribution is 0.276. The van der Waals surface area contributed by atoms with Gasteiger partial charge in [-0.25, -0.2) is 0 Å². The van der Waals surface area contributed by atoms with Gasteiger partial charge in [-0.2, -0.15) is 0 Å². The predicted octanol–water partition coefficient (Wildman–Crippen LogP) is 3.61. The average Bonchev–Trinajstić information content (AvgIpc) is 2.71. The first kappa shape index (κ1) is 13.9. The van der Waals surface area contributed by atoms with Gasteiger partial charge in [0.25, 0.3) is 0 Å². The highest BCUT2D eigenvalue weighted by molar-refractivity contribution is 5.54. The van der Waals surface area contributed by atoms with Crippen LogP contribution in [0.5, 0.6) is 0 Å². The second-order valence-corrected chi connectivity index (χ2v) is 6.47. The number of benzene rings is 1. The van der Waals surface area contributed by atoms with Crippen LogP contribution in [0.2, 0.25) is 0 Å². The molecule has 2 nitrogen and oxygen atoms in total. The lowest BCUT2D eigenvalue weighted by Crippen LogP contribution is -2.43. The molecule has 0 bridgehead atoms. The fraction of sp³-hybridized carbons (Fsp3) is 0.667. The van der Waals surface area contributed by atoms with Crippen molar-refractivity contribution < 1.29 is 0 Å². The Morgan fingerprint density at radius 3 is 2.85 bits per heavy atom. The summed E-state index contributed by atoms with van der Waals surface area (Å²) < 4.78 is 0. The van der Waals surface area contributed by atoms with E-state index >= 15 is 0 Å². The van der Waals surface area contributed by atoms with Gasteiger partial charge >= 0.3 is 0 Å². The quantitative estimate of drug-likeness (QED) is 0.904. The first-order chi connectivity index (χ1) is 9.88. The van der Waals surface area contributed by atoms with Crippen LogP contribution in [0.4, 0.5) is 5.69 Å². The van der Waals surface area contributed by atoms with E-state index in [4.69, 9.17) is 0 Å². The molecule has 1 saturated carbocycles. The summed E-state index contributed by atoms with van der Waals surface area (Å²) in [5.74, 6) is 0.819. The summed E-state index contributed by atoms with van der Waals surface area (Å²) in [7, 11) is 2.14. The number of nitrogens with zero attached hydrogens (tertiary/aromatic N) is 1. The highest BCUT2D eigenvalue weighted by Gasteiger charge is 2.26. The molecule has 1 aliphatic carbocycles. The summed E-state index contributed by atoms with van der Waals surface area (Å²) in [6, 6.07) is 9.77. The Bertz CT molecular complexity index is 429. The van der Waals surface area contributed by atoms with Crippen molar-refractivity contribution in [2.24, 2.45) is 5.92 Å². The van der Waals surface area contributed by atoms with Gasteiger partial charge in [0.2, 0.25) is 0 Å². The SMILES string of the molecule is CNC1CCCCC1CN1CCCCc2ccccc21. The van der Waals surface area contributed by atoms with Crippen LogP contribution in [0, 0.1) is 5.92 Å². The van der Waals surface area contributed by atoms with Gasteiger partial charge in [0.05, 0.1) is 0 Å². The maximum absolute atomic E-state index is 3.56. The number of hydrogen-bond donors (Lipinski definition) is 1. The maximum Gasteiger partial charge on any atom is 0.0398 e. The number of para-hydroxylation sites is 1. The van der Waals surface area contributed by atoms with E-state index in [0.717, 1.165) is 12.0 Å². The van der Waals surface area contributed by atoms with Crippen LogP contribution < -0.4 is 10.2 Å². The van der Waals surface area contributed by atoms with Crippen LogP contribution in [0.25, 0.3) is 0 Å². The van der Waals surface area contributed by atoms with Crippen molar-refractivity contribution in [1.82, 2.24) is 5.32 Å². The molecule has 0 saturated heterocycles. The van der Waals surface area contributed by atoms with E-state index < -0.39 is 0 Å². The number of rotatable bonds is 3. The Kier molecular flexibility index (Phi) is 4.62. The summed E-state index contributed by atoms with van der Waals surface area (Å²) in [6.45, 7) is 2.48. The number of hydrogen-bond acceptors (Lipinski definition) is 2. The third kappa shape index (κ3) is 3.01. The van der Waals surface area contributed by atoms with Gasteiger partial charge in [-0.05, 0) is 56.7 Å². The van der Waals surface area contributed by atoms with Gasteiger partial charge < -0.3 is 10.2 Å². The molecule has 110 valence electrons. The topological polar surface area (TPSA) is 15.3 Å². The van der Waals surface area contributed by atoms with E-state index in [9.17, 15) is 0 Å². The van der Waals surface area contributed by atoms with Crippen molar-refractivity contribution in [3.05, 3.63) is 29.8 Å². The molecule has 20 heavy (non-hydrogen) atoms. The van der Waals surface area contributed by atoms with Crippen LogP contribution in [-0.4, -0.2) is 26.2 Å². The summed E-state index contributed by atoms with van der Waals surface area (Å²) >= 11 is 0. The fourth-order valence-corrected chi connectivity index (χ4v) is 4.05. The highest BCUT2D eigenvalue weighted by Crippen LogP contribution is 2.30. The molecule has 1 fully saturated rings. The monoisotopic (exact) mass is 272 g/mol. The second kappa shape index (κ2) is 6.62. The first-order valence-corrected chi connectivity index (χ1v) is 8.38. The van der Waals surface area contributed by atoms with Gasteiger partial charge in [-0.1, -0.05) is 31.0 Å². The van der Waals surface area contributed by atoms with Crippen molar-refractivity contribution in [3.8, 4) is 0 Å². The van der Waals surface area contributed by atoms with Crippen molar-refractivity contribution in [2.75, 3.05) is 25.0 Å². The lowest BCUT2D eigenvalue weighted by atomic mass is 9.84. The third-order valence-electron chi connectivity index (χ3n) is 5.19. The molecule has 0 spiro atoms. The Hall–Kier alpha value is -1.02. The number of anilines is 1. The average molecular weight is 272 g/mol. The zero-order chi connectivity index (χ0) is 13.8. The highest BCUT2D eigenvalue weighted by atomic mass is 15.1. The molecule has 3 rings (SSSR count). The molecule has 2 heteroatoms. The molecule has 0 aromatic heterocycles. The first-order valence-electron chi connectivity index (χ1n) is 8.38. The molecule has 1 heterocycles. The molecule has 1 aromatic rings.